The van der Waals surface area contributed by atoms with Gasteiger partial charge in [-0.2, -0.15) is 0 Å². The molecule has 0 aromatic heterocycles. The number of nitrogens with one attached hydrogen (secondary N) is 2. The quantitative estimate of drug-likeness (QED) is 0.302. The number of carboxylic acid groups (broad SMARTS) is 1. The van der Waals surface area contributed by atoms with Crippen LogP contribution in [0.5, 0.6) is 0 Å². The summed E-state index contributed by atoms with van der Waals surface area (Å²) in [7, 11) is 0. The number of amides is 2. The average Bonchev–Trinajstić information content (AvgIpc) is 1.79. The van der Waals surface area contributed by atoms with E-state index in [2.05, 4.69) is 5.32 Å². The van der Waals surface area contributed by atoms with Gasteiger partial charge in [0.1, 0.15) is 12.1 Å². The first kappa shape index (κ1) is 10.4. The van der Waals surface area contributed by atoms with E-state index in [1.165, 1.54) is 0 Å². The number of β-lactam (4-membered cyclic amide) rings is 1. The van der Waals surface area contributed by atoms with Crippen LogP contribution >= 0.6 is 0 Å². The second kappa shape index (κ2) is 4.29. The number of hydrogen-bond acceptors (Lipinski definition) is 3. The van der Waals surface area contributed by atoms with Crippen LogP contribution in [0.2, 0.25) is 0 Å². The van der Waals surface area contributed by atoms with Crippen LogP contribution in [-0.2, 0) is 4.79 Å². The second-order valence-electron chi connectivity index (χ2n) is 1.73. The van der Waals surface area contributed by atoms with Crippen molar-refractivity contribution in [2.24, 2.45) is 0 Å². The molecule has 10 heavy (non-hydrogen) atoms. The summed E-state index contributed by atoms with van der Waals surface area (Å²) in [6, 6.07) is -0.588. The van der Waals surface area contributed by atoms with Crippen molar-refractivity contribution in [1.29, 1.82) is 0 Å². The molecule has 0 bridgehead atoms. The molecule has 1 saturated heterocycles. The summed E-state index contributed by atoms with van der Waals surface area (Å²) in [5.41, 5.74) is 0. The van der Waals surface area contributed by atoms with Crippen LogP contribution in [-0.4, -0.2) is 24.6 Å². The molecule has 0 aromatic rings. The molecule has 6 heteroatoms. The van der Waals surface area contributed by atoms with Gasteiger partial charge < -0.3 is 20.5 Å². The van der Waals surface area contributed by atoms with Gasteiger partial charge in [-0.05, 0) is 0 Å². The molecule has 1 rings (SSSR count). The monoisotopic (exact) mass is 168 g/mol. The Hall–Kier alpha value is 0.376. The third-order valence-corrected chi connectivity index (χ3v) is 1.09. The van der Waals surface area contributed by atoms with E-state index < -0.39 is 12.1 Å². The van der Waals surface area contributed by atoms with E-state index in [-0.39, 0.29) is 57.3 Å². The Morgan fingerprint density at radius 2 is 2.40 bits per heavy atom. The maximum absolute atomic E-state index is 10.3. The maximum Gasteiger partial charge on any atom is 1.00 e. The molecule has 50 valence electrons. The van der Waals surface area contributed by atoms with Crippen molar-refractivity contribution in [2.75, 3.05) is 6.54 Å². The first-order valence-corrected chi connectivity index (χ1v) is 2.45. The minimum atomic E-state index is -1.41. The molecule has 1 atom stereocenters. The van der Waals surface area contributed by atoms with Crippen molar-refractivity contribution in [3.8, 4) is 0 Å². The van der Waals surface area contributed by atoms with Crippen molar-refractivity contribution in [2.45, 2.75) is 6.04 Å². The van der Waals surface area contributed by atoms with Gasteiger partial charge in [0.05, 0.1) is 0 Å². The van der Waals surface area contributed by atoms with Gasteiger partial charge in [-0.1, -0.05) is 0 Å². The van der Waals surface area contributed by atoms with Crippen LogP contribution in [0.1, 0.15) is 0 Å². The molecule has 0 saturated carbocycles. The van der Waals surface area contributed by atoms with Crippen LogP contribution in [0, 0.1) is 0 Å². The van der Waals surface area contributed by atoms with Crippen LogP contribution in [0.15, 0.2) is 0 Å². The van der Waals surface area contributed by atoms with Crippen molar-refractivity contribution >= 4 is 12.0 Å². The molecule has 0 unspecified atom stereocenters. The van der Waals surface area contributed by atoms with Gasteiger partial charge in [-0.15, -0.1) is 0 Å². The van der Waals surface area contributed by atoms with Gasteiger partial charge in [-0.25, -0.2) is 0 Å². The summed E-state index contributed by atoms with van der Waals surface area (Å²) in [5.74, 6) is -0.292. The second-order valence-corrected chi connectivity index (χ2v) is 1.73. The first-order chi connectivity index (χ1) is 4.20. The molecule has 1 aliphatic heterocycles. The van der Waals surface area contributed by atoms with E-state index in [9.17, 15) is 14.7 Å². The molecule has 1 aliphatic rings. The van der Waals surface area contributed by atoms with Crippen LogP contribution in [0.25, 0.3) is 0 Å². The average molecular weight is 168 g/mol. The van der Waals surface area contributed by atoms with Gasteiger partial charge >= 0.3 is 51.4 Å². The Morgan fingerprint density at radius 1 is 1.80 bits per heavy atom. The third-order valence-electron chi connectivity index (χ3n) is 1.09. The summed E-state index contributed by atoms with van der Waals surface area (Å²) in [6.07, 6.45) is -1.41. The molecule has 1 heterocycles. The van der Waals surface area contributed by atoms with Crippen LogP contribution in [0.3, 0.4) is 0 Å². The molecule has 2 amide bonds. The molecule has 0 aliphatic carbocycles. The Bertz CT molecular complexity index is 161. The van der Waals surface area contributed by atoms with Crippen LogP contribution < -0.4 is 67.1 Å². The standard InChI is InChI=1S/C4H6N2O3.K/c7-3-2(1-5-3)6-4(8)9;/h2,6H,1H2,(H,5,7)(H,8,9);/q;+1/p-1/t2-;/m0./s1. The number of rotatable bonds is 1. The summed E-state index contributed by atoms with van der Waals surface area (Å²) in [6.45, 7) is 0.368. The first-order valence-electron chi connectivity index (χ1n) is 2.45. The Labute approximate surface area is 100.0 Å². The molecule has 2 N–H and O–H groups in total. The van der Waals surface area contributed by atoms with Gasteiger partial charge in [0, 0.05) is 6.54 Å². The van der Waals surface area contributed by atoms with Gasteiger partial charge in [-0.3, -0.25) is 4.79 Å². The Morgan fingerprint density at radius 3 is 2.50 bits per heavy atom. The van der Waals surface area contributed by atoms with E-state index in [0.717, 1.165) is 0 Å². The Balaban J connectivity index is 0.000000810. The molecule has 0 radical (unpaired) electrons. The summed E-state index contributed by atoms with van der Waals surface area (Å²) >= 11 is 0. The van der Waals surface area contributed by atoms with Gasteiger partial charge in [0.2, 0.25) is 5.91 Å². The van der Waals surface area contributed by atoms with E-state index in [1.54, 1.807) is 0 Å². The van der Waals surface area contributed by atoms with Crippen molar-refractivity contribution < 1.29 is 66.1 Å². The number of hydrogen-bond donors (Lipinski definition) is 2. The van der Waals surface area contributed by atoms with E-state index in [0.29, 0.717) is 6.54 Å². The summed E-state index contributed by atoms with van der Waals surface area (Å²) in [5, 5.41) is 14.0. The predicted octanol–water partition coefficient (Wildman–Crippen LogP) is -5.58. The zero-order valence-electron chi connectivity index (χ0n) is 5.51. The number of carbonyl (C=O) groups excluding carboxylic acids is 2. The van der Waals surface area contributed by atoms with E-state index in [4.69, 9.17) is 0 Å². The smallest absolute Gasteiger partial charge is 0.530 e. The maximum atomic E-state index is 10.3. The fourth-order valence-electron chi connectivity index (χ4n) is 0.546. The van der Waals surface area contributed by atoms with Crippen LogP contribution in [0.4, 0.5) is 4.79 Å². The molecule has 0 aromatic carbocycles. The minimum Gasteiger partial charge on any atom is -0.530 e. The van der Waals surface area contributed by atoms with E-state index >= 15 is 0 Å². The Kier molecular flexibility index (Phi) is 4.46. The molecular formula is C4H5KN2O3. The van der Waals surface area contributed by atoms with Gasteiger partial charge in [0.25, 0.3) is 0 Å². The predicted molar refractivity (Wildman–Crippen MR) is 25.3 cm³/mol. The third kappa shape index (κ3) is 2.55. The van der Waals surface area contributed by atoms with Crippen molar-refractivity contribution in [3.63, 3.8) is 0 Å². The van der Waals surface area contributed by atoms with Crippen molar-refractivity contribution in [3.05, 3.63) is 0 Å². The normalized spacial score (nSPS) is 21.6. The van der Waals surface area contributed by atoms with E-state index in [1.807, 2.05) is 5.32 Å². The minimum absolute atomic E-state index is 0. The molecule has 0 spiro atoms. The summed E-state index contributed by atoms with van der Waals surface area (Å²) in [4.78, 5) is 20.0. The topological polar surface area (TPSA) is 81.3 Å². The fraction of sp³-hybridized carbons (Fsp3) is 0.500. The fourth-order valence-corrected chi connectivity index (χ4v) is 0.546. The zero-order valence-corrected chi connectivity index (χ0v) is 8.63. The summed E-state index contributed by atoms with van der Waals surface area (Å²) < 4.78 is 0. The van der Waals surface area contributed by atoms with Gasteiger partial charge in [0.15, 0.2) is 0 Å². The molecule has 1 fully saturated rings. The molecule has 5 nitrogen and oxygen atoms in total. The molecular weight excluding hydrogens is 163 g/mol. The SMILES string of the molecule is O=C([O-])N[C@H]1CNC1=O.[K+]. The largest absolute Gasteiger partial charge is 1.00 e. The number of carbonyl (C=O) groups is 2. The van der Waals surface area contributed by atoms with Crippen molar-refractivity contribution in [1.82, 2.24) is 10.6 Å². The zero-order chi connectivity index (χ0) is 6.85.